The van der Waals surface area contributed by atoms with Crippen LogP contribution in [-0.2, 0) is 6.42 Å². The molecule has 1 fully saturated rings. The standard InChI is InChI=1S/C17H27NO/c1-13(2)15-11-14(7-8-16(15)19-4)12-17(18-3)9-5-6-10-17/h7-8,11,13,18H,5-6,9-10,12H2,1-4H3. The average Bonchev–Trinajstić information content (AvgIpc) is 2.87. The third-order valence-corrected chi connectivity index (χ3v) is 4.55. The molecule has 0 atom stereocenters. The summed E-state index contributed by atoms with van der Waals surface area (Å²) in [5, 5.41) is 3.57. The maximum atomic E-state index is 5.47. The summed E-state index contributed by atoms with van der Waals surface area (Å²) in [7, 11) is 3.87. The van der Waals surface area contributed by atoms with Crippen LogP contribution in [0.4, 0.5) is 0 Å². The monoisotopic (exact) mass is 261 g/mol. The number of hydrogen-bond donors (Lipinski definition) is 1. The highest BCUT2D eigenvalue weighted by molar-refractivity contribution is 5.40. The second-order valence-electron chi connectivity index (χ2n) is 6.15. The van der Waals surface area contributed by atoms with Gasteiger partial charge in [-0.2, -0.15) is 0 Å². The highest BCUT2D eigenvalue weighted by atomic mass is 16.5. The number of rotatable bonds is 5. The molecule has 0 amide bonds. The van der Waals surface area contributed by atoms with E-state index in [1.807, 2.05) is 0 Å². The van der Waals surface area contributed by atoms with Gasteiger partial charge in [-0.15, -0.1) is 0 Å². The van der Waals surface area contributed by atoms with E-state index in [0.717, 1.165) is 12.2 Å². The molecule has 0 bridgehead atoms. The Balaban J connectivity index is 2.23. The first-order valence-electron chi connectivity index (χ1n) is 7.46. The molecule has 106 valence electrons. The summed E-state index contributed by atoms with van der Waals surface area (Å²) in [6, 6.07) is 6.69. The molecule has 2 heteroatoms. The summed E-state index contributed by atoms with van der Waals surface area (Å²) < 4.78 is 5.47. The Labute approximate surface area is 117 Å². The number of benzene rings is 1. The van der Waals surface area contributed by atoms with Gasteiger partial charge in [0.2, 0.25) is 0 Å². The van der Waals surface area contributed by atoms with E-state index in [2.05, 4.69) is 44.4 Å². The number of likely N-dealkylation sites (N-methyl/N-ethyl adjacent to an activating group) is 1. The van der Waals surface area contributed by atoms with Crippen LogP contribution in [0.5, 0.6) is 5.75 Å². The fourth-order valence-electron chi connectivity index (χ4n) is 3.30. The fraction of sp³-hybridized carbons (Fsp3) is 0.647. The number of methoxy groups -OCH3 is 1. The zero-order valence-electron chi connectivity index (χ0n) is 12.8. The van der Waals surface area contributed by atoms with Crippen LogP contribution in [0.3, 0.4) is 0 Å². The van der Waals surface area contributed by atoms with E-state index >= 15 is 0 Å². The molecule has 1 N–H and O–H groups in total. The molecule has 1 saturated carbocycles. The van der Waals surface area contributed by atoms with Crippen molar-refractivity contribution in [2.75, 3.05) is 14.2 Å². The van der Waals surface area contributed by atoms with Crippen LogP contribution in [-0.4, -0.2) is 19.7 Å². The third-order valence-electron chi connectivity index (χ3n) is 4.55. The van der Waals surface area contributed by atoms with Gasteiger partial charge in [0.25, 0.3) is 0 Å². The molecule has 2 nitrogen and oxygen atoms in total. The predicted molar refractivity (Wildman–Crippen MR) is 81.0 cm³/mol. The molecule has 0 radical (unpaired) electrons. The fourth-order valence-corrected chi connectivity index (χ4v) is 3.30. The van der Waals surface area contributed by atoms with E-state index in [9.17, 15) is 0 Å². The van der Waals surface area contributed by atoms with Gasteiger partial charge in [-0.3, -0.25) is 0 Å². The largest absolute Gasteiger partial charge is 0.496 e. The molecule has 0 saturated heterocycles. The minimum atomic E-state index is 0.322. The number of hydrogen-bond acceptors (Lipinski definition) is 2. The van der Waals surface area contributed by atoms with Crippen molar-refractivity contribution in [3.63, 3.8) is 0 Å². The lowest BCUT2D eigenvalue weighted by molar-refractivity contribution is 0.356. The molecule has 1 aromatic rings. The first-order chi connectivity index (χ1) is 9.10. The van der Waals surface area contributed by atoms with Gasteiger partial charge >= 0.3 is 0 Å². The van der Waals surface area contributed by atoms with Crippen molar-refractivity contribution >= 4 is 0 Å². The van der Waals surface area contributed by atoms with E-state index in [-0.39, 0.29) is 0 Å². The third kappa shape index (κ3) is 3.11. The summed E-state index contributed by atoms with van der Waals surface area (Å²) in [4.78, 5) is 0. The van der Waals surface area contributed by atoms with Gasteiger partial charge in [0.05, 0.1) is 7.11 Å². The molecule has 1 aliphatic rings. The summed E-state index contributed by atoms with van der Waals surface area (Å²) >= 11 is 0. The zero-order valence-corrected chi connectivity index (χ0v) is 12.8. The van der Waals surface area contributed by atoms with E-state index in [1.54, 1.807) is 7.11 Å². The molecule has 2 rings (SSSR count). The van der Waals surface area contributed by atoms with Crippen molar-refractivity contribution in [3.8, 4) is 5.75 Å². The molecular formula is C17H27NO. The van der Waals surface area contributed by atoms with Gasteiger partial charge in [0.1, 0.15) is 5.75 Å². The first-order valence-corrected chi connectivity index (χ1v) is 7.46. The average molecular weight is 261 g/mol. The second kappa shape index (κ2) is 5.96. The quantitative estimate of drug-likeness (QED) is 0.868. The molecule has 1 aromatic carbocycles. The Morgan fingerprint density at radius 1 is 1.26 bits per heavy atom. The Bertz CT molecular complexity index is 419. The molecule has 0 aromatic heterocycles. The maximum absolute atomic E-state index is 5.47. The van der Waals surface area contributed by atoms with Crippen molar-refractivity contribution in [1.29, 1.82) is 0 Å². The molecule has 0 heterocycles. The first kappa shape index (κ1) is 14.4. The Morgan fingerprint density at radius 2 is 1.95 bits per heavy atom. The van der Waals surface area contributed by atoms with E-state index in [1.165, 1.54) is 36.8 Å². The lowest BCUT2D eigenvalue weighted by atomic mass is 9.87. The van der Waals surface area contributed by atoms with Gasteiger partial charge in [0.15, 0.2) is 0 Å². The molecule has 0 aliphatic heterocycles. The van der Waals surface area contributed by atoms with Crippen molar-refractivity contribution < 1.29 is 4.74 Å². The molecule has 0 unspecified atom stereocenters. The minimum absolute atomic E-state index is 0.322. The Kier molecular flexibility index (Phi) is 4.51. The lowest BCUT2D eigenvalue weighted by Gasteiger charge is -2.29. The van der Waals surface area contributed by atoms with Crippen LogP contribution in [0.25, 0.3) is 0 Å². The maximum Gasteiger partial charge on any atom is 0.122 e. The summed E-state index contributed by atoms with van der Waals surface area (Å²) in [6.45, 7) is 4.45. The second-order valence-corrected chi connectivity index (χ2v) is 6.15. The molecule has 19 heavy (non-hydrogen) atoms. The van der Waals surface area contributed by atoms with Crippen molar-refractivity contribution in [2.45, 2.75) is 57.4 Å². The molecule has 1 aliphatic carbocycles. The van der Waals surface area contributed by atoms with E-state index in [0.29, 0.717) is 11.5 Å². The minimum Gasteiger partial charge on any atom is -0.496 e. The van der Waals surface area contributed by atoms with Crippen LogP contribution in [0.15, 0.2) is 18.2 Å². The van der Waals surface area contributed by atoms with E-state index < -0.39 is 0 Å². The van der Waals surface area contributed by atoms with Crippen LogP contribution in [0.1, 0.15) is 56.6 Å². The zero-order chi connectivity index (χ0) is 13.9. The Hall–Kier alpha value is -1.02. The van der Waals surface area contributed by atoms with Gasteiger partial charge in [-0.1, -0.05) is 38.8 Å². The number of nitrogens with one attached hydrogen (secondary N) is 1. The van der Waals surface area contributed by atoms with Gasteiger partial charge in [-0.25, -0.2) is 0 Å². The van der Waals surface area contributed by atoms with Crippen molar-refractivity contribution in [3.05, 3.63) is 29.3 Å². The SMILES string of the molecule is CNC1(Cc2ccc(OC)c(C(C)C)c2)CCCC1. The summed E-state index contributed by atoms with van der Waals surface area (Å²) in [5.74, 6) is 1.52. The van der Waals surface area contributed by atoms with E-state index in [4.69, 9.17) is 4.74 Å². The van der Waals surface area contributed by atoms with Crippen molar-refractivity contribution in [2.24, 2.45) is 0 Å². The predicted octanol–water partition coefficient (Wildman–Crippen LogP) is 3.89. The highest BCUT2D eigenvalue weighted by Gasteiger charge is 2.32. The van der Waals surface area contributed by atoms with Gasteiger partial charge in [-0.05, 0) is 49.4 Å². The summed E-state index contributed by atoms with van der Waals surface area (Å²) in [6.07, 6.45) is 6.44. The topological polar surface area (TPSA) is 21.3 Å². The van der Waals surface area contributed by atoms with Crippen LogP contribution >= 0.6 is 0 Å². The van der Waals surface area contributed by atoms with Gasteiger partial charge in [0, 0.05) is 5.54 Å². The van der Waals surface area contributed by atoms with Crippen LogP contribution in [0, 0.1) is 0 Å². The smallest absolute Gasteiger partial charge is 0.122 e. The number of ether oxygens (including phenoxy) is 1. The summed E-state index contributed by atoms with van der Waals surface area (Å²) in [5.41, 5.74) is 3.08. The van der Waals surface area contributed by atoms with Crippen molar-refractivity contribution in [1.82, 2.24) is 5.32 Å². The Morgan fingerprint density at radius 3 is 2.47 bits per heavy atom. The van der Waals surface area contributed by atoms with Crippen LogP contribution in [0.2, 0.25) is 0 Å². The van der Waals surface area contributed by atoms with Gasteiger partial charge < -0.3 is 10.1 Å². The van der Waals surface area contributed by atoms with Crippen LogP contribution < -0.4 is 10.1 Å². The molecular weight excluding hydrogens is 234 g/mol. The highest BCUT2D eigenvalue weighted by Crippen LogP contribution is 2.34. The normalized spacial score (nSPS) is 17.9. The molecule has 0 spiro atoms. The lowest BCUT2D eigenvalue weighted by Crippen LogP contribution is -2.42.